The molecule has 2 aliphatic rings. The molecule has 2 aliphatic heterocycles. The van der Waals surface area contributed by atoms with Gasteiger partial charge in [-0.3, -0.25) is 9.59 Å². The Morgan fingerprint density at radius 3 is 2.34 bits per heavy atom. The minimum absolute atomic E-state index is 0.0185. The van der Waals surface area contributed by atoms with Crippen LogP contribution in [-0.2, 0) is 20.7 Å². The van der Waals surface area contributed by atoms with Crippen molar-refractivity contribution in [2.75, 3.05) is 40.4 Å². The number of nitrogens with one attached hydrogen (secondary N) is 1. The number of carbonyl (C=O) groups is 3. The number of amides is 3. The van der Waals surface area contributed by atoms with Crippen LogP contribution in [-0.4, -0.2) is 79.7 Å². The zero-order valence-corrected chi connectivity index (χ0v) is 21.6. The highest BCUT2D eigenvalue weighted by molar-refractivity contribution is 5.81. The number of benzene rings is 1. The second-order valence-electron chi connectivity index (χ2n) is 10.3. The van der Waals surface area contributed by atoms with E-state index in [2.05, 4.69) is 5.32 Å². The Morgan fingerprint density at radius 2 is 1.66 bits per heavy atom. The van der Waals surface area contributed by atoms with Gasteiger partial charge in [0.25, 0.3) is 0 Å². The second kappa shape index (κ2) is 11.6. The van der Waals surface area contributed by atoms with Gasteiger partial charge in [0, 0.05) is 32.2 Å². The molecule has 35 heavy (non-hydrogen) atoms. The van der Waals surface area contributed by atoms with Gasteiger partial charge in [0.05, 0.1) is 26.6 Å². The van der Waals surface area contributed by atoms with Gasteiger partial charge < -0.3 is 29.3 Å². The average Bonchev–Trinajstić information content (AvgIpc) is 2.83. The van der Waals surface area contributed by atoms with Gasteiger partial charge in [0.2, 0.25) is 11.8 Å². The smallest absolute Gasteiger partial charge is 0.410 e. The largest absolute Gasteiger partial charge is 0.493 e. The molecule has 3 amide bonds. The van der Waals surface area contributed by atoms with Crippen molar-refractivity contribution in [3.05, 3.63) is 23.8 Å². The third-order valence-corrected chi connectivity index (χ3v) is 6.37. The molecule has 1 N–H and O–H groups in total. The fourth-order valence-corrected chi connectivity index (χ4v) is 4.60. The van der Waals surface area contributed by atoms with E-state index in [1.807, 2.05) is 37.8 Å². The molecule has 2 atom stereocenters. The van der Waals surface area contributed by atoms with Gasteiger partial charge in [-0.1, -0.05) is 6.07 Å². The molecule has 0 saturated carbocycles. The molecule has 0 aliphatic carbocycles. The zero-order chi connectivity index (χ0) is 25.6. The van der Waals surface area contributed by atoms with E-state index < -0.39 is 5.60 Å². The summed E-state index contributed by atoms with van der Waals surface area (Å²) in [6.07, 6.45) is 3.04. The molecule has 2 fully saturated rings. The second-order valence-corrected chi connectivity index (χ2v) is 10.3. The SMILES string of the molecule is COc1ccc(CC(=O)N2CCCC(NC(=O)C3CCCN(C(=O)OC(C)(C)C)C3)C2)cc1OC. The highest BCUT2D eigenvalue weighted by atomic mass is 16.6. The van der Waals surface area contributed by atoms with Crippen LogP contribution < -0.4 is 14.8 Å². The van der Waals surface area contributed by atoms with Crippen LogP contribution in [0, 0.1) is 5.92 Å². The first-order valence-electron chi connectivity index (χ1n) is 12.4. The summed E-state index contributed by atoms with van der Waals surface area (Å²) in [5, 5.41) is 3.13. The number of hydrogen-bond acceptors (Lipinski definition) is 6. The summed E-state index contributed by atoms with van der Waals surface area (Å²) in [5.74, 6) is 0.906. The molecule has 2 saturated heterocycles. The number of rotatable bonds is 6. The molecule has 1 aromatic rings. The van der Waals surface area contributed by atoms with Crippen LogP contribution in [0.5, 0.6) is 11.5 Å². The third kappa shape index (κ3) is 7.50. The number of nitrogens with zero attached hydrogens (tertiary/aromatic N) is 2. The van der Waals surface area contributed by atoms with E-state index in [4.69, 9.17) is 14.2 Å². The van der Waals surface area contributed by atoms with Crippen LogP contribution in [0.1, 0.15) is 52.0 Å². The molecule has 1 aromatic carbocycles. The highest BCUT2D eigenvalue weighted by Gasteiger charge is 2.33. The lowest BCUT2D eigenvalue weighted by atomic mass is 9.96. The maximum absolute atomic E-state index is 13.0. The predicted octanol–water partition coefficient (Wildman–Crippen LogP) is 3.00. The van der Waals surface area contributed by atoms with E-state index in [-0.39, 0.29) is 36.3 Å². The molecule has 194 valence electrons. The van der Waals surface area contributed by atoms with E-state index in [0.717, 1.165) is 31.2 Å². The van der Waals surface area contributed by atoms with Crippen LogP contribution in [0.25, 0.3) is 0 Å². The summed E-state index contributed by atoms with van der Waals surface area (Å²) in [6, 6.07) is 5.38. The van der Waals surface area contributed by atoms with Crippen molar-refractivity contribution < 1.29 is 28.6 Å². The van der Waals surface area contributed by atoms with Crippen molar-refractivity contribution in [2.45, 2.75) is 64.5 Å². The quantitative estimate of drug-likeness (QED) is 0.660. The molecule has 0 bridgehead atoms. The maximum Gasteiger partial charge on any atom is 0.410 e. The molecule has 9 nitrogen and oxygen atoms in total. The standard InChI is InChI=1S/C26H39N3O6/c1-26(2,3)35-25(32)29-13-6-8-19(16-29)24(31)27-20-9-7-12-28(17-20)23(30)15-18-10-11-21(33-4)22(14-18)34-5/h10-11,14,19-20H,6-9,12-13,15-17H2,1-5H3,(H,27,31). The molecule has 0 spiro atoms. The fourth-order valence-electron chi connectivity index (χ4n) is 4.60. The van der Waals surface area contributed by atoms with Crippen molar-refractivity contribution in [1.82, 2.24) is 15.1 Å². The van der Waals surface area contributed by atoms with Crippen LogP contribution >= 0.6 is 0 Å². The number of likely N-dealkylation sites (tertiary alicyclic amines) is 2. The predicted molar refractivity (Wildman–Crippen MR) is 132 cm³/mol. The average molecular weight is 490 g/mol. The van der Waals surface area contributed by atoms with Crippen LogP contribution in [0.15, 0.2) is 18.2 Å². The Labute approximate surface area is 208 Å². The summed E-state index contributed by atoms with van der Waals surface area (Å²) in [7, 11) is 3.15. The lowest BCUT2D eigenvalue weighted by Gasteiger charge is -2.36. The first-order chi connectivity index (χ1) is 16.6. The molecule has 2 unspecified atom stereocenters. The van der Waals surface area contributed by atoms with Crippen LogP contribution in [0.3, 0.4) is 0 Å². The van der Waals surface area contributed by atoms with Crippen molar-refractivity contribution in [3.8, 4) is 11.5 Å². The molecular weight excluding hydrogens is 450 g/mol. The lowest BCUT2D eigenvalue weighted by Crippen LogP contribution is -2.53. The van der Waals surface area contributed by atoms with E-state index in [9.17, 15) is 14.4 Å². The topological polar surface area (TPSA) is 97.4 Å². The molecule has 2 heterocycles. The van der Waals surface area contributed by atoms with Crippen molar-refractivity contribution in [1.29, 1.82) is 0 Å². The number of piperidine rings is 2. The van der Waals surface area contributed by atoms with E-state index in [0.29, 0.717) is 37.7 Å². The van der Waals surface area contributed by atoms with E-state index in [1.54, 1.807) is 25.2 Å². The summed E-state index contributed by atoms with van der Waals surface area (Å²) in [5.41, 5.74) is 0.282. The maximum atomic E-state index is 13.0. The zero-order valence-electron chi connectivity index (χ0n) is 21.6. The summed E-state index contributed by atoms with van der Waals surface area (Å²) < 4.78 is 16.1. The highest BCUT2D eigenvalue weighted by Crippen LogP contribution is 2.28. The number of hydrogen-bond donors (Lipinski definition) is 1. The van der Waals surface area contributed by atoms with E-state index in [1.165, 1.54) is 0 Å². The molecule has 9 heteroatoms. The fraction of sp³-hybridized carbons (Fsp3) is 0.654. The number of ether oxygens (including phenoxy) is 3. The monoisotopic (exact) mass is 489 g/mol. The Bertz CT molecular complexity index is 913. The Hall–Kier alpha value is -2.97. The van der Waals surface area contributed by atoms with Gasteiger partial charge >= 0.3 is 6.09 Å². The van der Waals surface area contributed by atoms with Crippen molar-refractivity contribution >= 4 is 17.9 Å². The van der Waals surface area contributed by atoms with Gasteiger partial charge in [-0.15, -0.1) is 0 Å². The summed E-state index contributed by atoms with van der Waals surface area (Å²) >= 11 is 0. The van der Waals surface area contributed by atoms with Gasteiger partial charge in [-0.25, -0.2) is 4.79 Å². The van der Waals surface area contributed by atoms with Gasteiger partial charge in [0.15, 0.2) is 11.5 Å². The van der Waals surface area contributed by atoms with Gasteiger partial charge in [-0.05, 0) is 64.2 Å². The van der Waals surface area contributed by atoms with E-state index >= 15 is 0 Å². The van der Waals surface area contributed by atoms with Crippen LogP contribution in [0.4, 0.5) is 4.79 Å². The first kappa shape index (κ1) is 26.6. The Morgan fingerprint density at radius 1 is 0.971 bits per heavy atom. The van der Waals surface area contributed by atoms with Crippen LogP contribution in [0.2, 0.25) is 0 Å². The minimum Gasteiger partial charge on any atom is -0.493 e. The first-order valence-corrected chi connectivity index (χ1v) is 12.4. The van der Waals surface area contributed by atoms with Gasteiger partial charge in [-0.2, -0.15) is 0 Å². The number of carbonyl (C=O) groups excluding carboxylic acids is 3. The van der Waals surface area contributed by atoms with Crippen molar-refractivity contribution in [2.24, 2.45) is 5.92 Å². The summed E-state index contributed by atoms with van der Waals surface area (Å²) in [4.78, 5) is 41.8. The molecular formula is C26H39N3O6. The molecule has 0 radical (unpaired) electrons. The molecule has 3 rings (SSSR count). The Kier molecular flexibility index (Phi) is 8.86. The van der Waals surface area contributed by atoms with Gasteiger partial charge in [0.1, 0.15) is 5.60 Å². The lowest BCUT2D eigenvalue weighted by molar-refractivity contribution is -0.134. The summed E-state index contributed by atoms with van der Waals surface area (Å²) in [6.45, 7) is 7.62. The normalized spacial score (nSPS) is 20.7. The Balaban J connectivity index is 1.53. The van der Waals surface area contributed by atoms with Crippen molar-refractivity contribution in [3.63, 3.8) is 0 Å². The minimum atomic E-state index is -0.568. The third-order valence-electron chi connectivity index (χ3n) is 6.37. The number of methoxy groups -OCH3 is 2. The molecule has 0 aromatic heterocycles.